The number of carbonyl (C=O) groups excluding carboxylic acids is 2. The first-order chi connectivity index (χ1) is 12.2. The highest BCUT2D eigenvalue weighted by atomic mass is 32.1. The zero-order valence-electron chi connectivity index (χ0n) is 13.2. The molecule has 7 nitrogen and oxygen atoms in total. The summed E-state index contributed by atoms with van der Waals surface area (Å²) < 4.78 is 5.21. The Kier molecular flexibility index (Phi) is 4.02. The Hall–Kier alpha value is -3.00. The van der Waals surface area contributed by atoms with E-state index in [1.807, 2.05) is 47.8 Å². The van der Waals surface area contributed by atoms with E-state index in [4.69, 9.17) is 4.52 Å². The van der Waals surface area contributed by atoms with Crippen LogP contribution in [0.4, 0.5) is 5.69 Å². The summed E-state index contributed by atoms with van der Waals surface area (Å²) in [6.45, 7) is 0.974. The number of hydrogen-bond acceptors (Lipinski definition) is 6. The fraction of sp³-hybridized carbons (Fsp3) is 0.176. The molecule has 1 aliphatic heterocycles. The second-order valence-electron chi connectivity index (χ2n) is 5.51. The fourth-order valence-electron chi connectivity index (χ4n) is 2.67. The molecule has 1 saturated heterocycles. The summed E-state index contributed by atoms with van der Waals surface area (Å²) in [5.74, 6) is -0.300. The van der Waals surface area contributed by atoms with Crippen LogP contribution in [0.1, 0.15) is 5.89 Å². The molecule has 0 unspecified atom stereocenters. The summed E-state index contributed by atoms with van der Waals surface area (Å²) in [5, 5.41) is 5.85. The molecule has 25 heavy (non-hydrogen) atoms. The minimum Gasteiger partial charge on any atom is -0.337 e. The number of anilines is 1. The average Bonchev–Trinajstić information content (AvgIpc) is 3.31. The maximum absolute atomic E-state index is 12.4. The molecule has 3 aromatic rings. The van der Waals surface area contributed by atoms with Gasteiger partial charge in [0.15, 0.2) is 0 Å². The first-order valence-corrected chi connectivity index (χ1v) is 8.62. The number of rotatable bonds is 4. The van der Waals surface area contributed by atoms with Crippen LogP contribution in [-0.2, 0) is 16.1 Å². The maximum Gasteiger partial charge on any atom is 0.316 e. The van der Waals surface area contributed by atoms with Crippen molar-refractivity contribution < 1.29 is 14.1 Å². The lowest BCUT2D eigenvalue weighted by molar-refractivity contribution is -0.146. The zero-order valence-corrected chi connectivity index (χ0v) is 14.0. The molecule has 0 N–H and O–H groups in total. The number of hydrogen-bond donors (Lipinski definition) is 0. The molecule has 0 spiro atoms. The second kappa shape index (κ2) is 6.48. The predicted octanol–water partition coefficient (Wildman–Crippen LogP) is 2.17. The SMILES string of the molecule is O=C1C(=O)N(c2ccccc2)CCN1Cc1nc(-c2cccs2)no1. The van der Waals surface area contributed by atoms with Gasteiger partial charge < -0.3 is 14.3 Å². The van der Waals surface area contributed by atoms with E-state index < -0.39 is 11.8 Å². The highest BCUT2D eigenvalue weighted by Gasteiger charge is 2.34. The first kappa shape index (κ1) is 15.5. The fourth-order valence-corrected chi connectivity index (χ4v) is 3.32. The number of benzene rings is 1. The van der Waals surface area contributed by atoms with E-state index >= 15 is 0 Å². The van der Waals surface area contributed by atoms with E-state index in [1.165, 1.54) is 21.1 Å². The van der Waals surface area contributed by atoms with Gasteiger partial charge in [-0.3, -0.25) is 9.59 Å². The van der Waals surface area contributed by atoms with Crippen LogP contribution in [0.2, 0.25) is 0 Å². The van der Waals surface area contributed by atoms with Gasteiger partial charge >= 0.3 is 11.8 Å². The number of thiophene rings is 1. The Morgan fingerprint density at radius 1 is 1.04 bits per heavy atom. The van der Waals surface area contributed by atoms with Crippen molar-refractivity contribution in [1.82, 2.24) is 15.0 Å². The molecule has 0 radical (unpaired) electrons. The van der Waals surface area contributed by atoms with Crippen LogP contribution in [-0.4, -0.2) is 39.9 Å². The van der Waals surface area contributed by atoms with E-state index in [-0.39, 0.29) is 6.54 Å². The minimum absolute atomic E-state index is 0.131. The molecule has 0 bridgehead atoms. The summed E-state index contributed by atoms with van der Waals surface area (Å²) in [6, 6.07) is 13.0. The third kappa shape index (κ3) is 3.03. The van der Waals surface area contributed by atoms with E-state index in [1.54, 1.807) is 0 Å². The summed E-state index contributed by atoms with van der Waals surface area (Å²) in [4.78, 5) is 32.9. The molecule has 1 fully saturated rings. The summed E-state index contributed by atoms with van der Waals surface area (Å²) in [6.07, 6.45) is 0. The standard InChI is InChI=1S/C17H14N4O3S/c22-16-17(23)21(12-5-2-1-3-6-12)9-8-20(16)11-14-18-15(19-24-14)13-7-4-10-25-13/h1-7,10H,8-9,11H2. The van der Waals surface area contributed by atoms with Crippen molar-refractivity contribution in [3.8, 4) is 10.7 Å². The molecule has 0 aliphatic carbocycles. The lowest BCUT2D eigenvalue weighted by Crippen LogP contribution is -2.54. The van der Waals surface area contributed by atoms with Crippen molar-refractivity contribution in [2.45, 2.75) is 6.54 Å². The number of nitrogens with zero attached hydrogens (tertiary/aromatic N) is 4. The smallest absolute Gasteiger partial charge is 0.316 e. The average molecular weight is 354 g/mol. The van der Waals surface area contributed by atoms with Gasteiger partial charge in [-0.25, -0.2) is 0 Å². The molecule has 2 amide bonds. The quantitative estimate of drug-likeness (QED) is 0.671. The molecule has 126 valence electrons. The van der Waals surface area contributed by atoms with E-state index in [9.17, 15) is 9.59 Å². The van der Waals surface area contributed by atoms with Crippen LogP contribution in [0.15, 0.2) is 52.4 Å². The molecular weight excluding hydrogens is 340 g/mol. The normalized spacial score (nSPS) is 15.0. The van der Waals surface area contributed by atoms with Gasteiger partial charge in [-0.1, -0.05) is 29.4 Å². The van der Waals surface area contributed by atoms with E-state index in [0.29, 0.717) is 24.8 Å². The van der Waals surface area contributed by atoms with Crippen LogP contribution >= 0.6 is 11.3 Å². The van der Waals surface area contributed by atoms with Crippen molar-refractivity contribution in [2.24, 2.45) is 0 Å². The molecule has 3 heterocycles. The number of amides is 2. The topological polar surface area (TPSA) is 79.5 Å². The Morgan fingerprint density at radius 2 is 1.88 bits per heavy atom. The van der Waals surface area contributed by atoms with Crippen LogP contribution < -0.4 is 4.90 Å². The van der Waals surface area contributed by atoms with Crippen LogP contribution in [0, 0.1) is 0 Å². The zero-order chi connectivity index (χ0) is 17.2. The van der Waals surface area contributed by atoms with Crippen LogP contribution in [0.5, 0.6) is 0 Å². The van der Waals surface area contributed by atoms with Crippen molar-refractivity contribution in [1.29, 1.82) is 0 Å². The number of aromatic nitrogens is 2. The summed E-state index contributed by atoms with van der Waals surface area (Å²) in [7, 11) is 0. The van der Waals surface area contributed by atoms with Gasteiger partial charge in [0, 0.05) is 18.8 Å². The Morgan fingerprint density at radius 3 is 2.64 bits per heavy atom. The first-order valence-electron chi connectivity index (χ1n) is 7.74. The number of piperazine rings is 1. The Labute approximate surface area is 147 Å². The number of para-hydroxylation sites is 1. The lowest BCUT2D eigenvalue weighted by Gasteiger charge is -2.32. The third-order valence-corrected chi connectivity index (χ3v) is 4.78. The number of carbonyl (C=O) groups is 2. The largest absolute Gasteiger partial charge is 0.337 e. The van der Waals surface area contributed by atoms with Gasteiger partial charge in [0.05, 0.1) is 4.88 Å². The monoisotopic (exact) mass is 354 g/mol. The van der Waals surface area contributed by atoms with Gasteiger partial charge in [0.2, 0.25) is 11.7 Å². The molecule has 1 aliphatic rings. The van der Waals surface area contributed by atoms with Gasteiger partial charge in [-0.15, -0.1) is 11.3 Å². The van der Waals surface area contributed by atoms with Crippen LogP contribution in [0.25, 0.3) is 10.7 Å². The van der Waals surface area contributed by atoms with Gasteiger partial charge in [-0.05, 0) is 23.6 Å². The molecule has 2 aromatic heterocycles. The highest BCUT2D eigenvalue weighted by Crippen LogP contribution is 2.22. The third-order valence-electron chi connectivity index (χ3n) is 3.91. The van der Waals surface area contributed by atoms with Crippen molar-refractivity contribution in [3.63, 3.8) is 0 Å². The predicted molar refractivity (Wildman–Crippen MR) is 91.8 cm³/mol. The van der Waals surface area contributed by atoms with Crippen molar-refractivity contribution >= 4 is 28.8 Å². The molecule has 1 aromatic carbocycles. The molecule has 0 atom stereocenters. The highest BCUT2D eigenvalue weighted by molar-refractivity contribution is 7.13. The lowest BCUT2D eigenvalue weighted by atomic mass is 10.2. The van der Waals surface area contributed by atoms with Crippen molar-refractivity contribution in [2.75, 3.05) is 18.0 Å². The van der Waals surface area contributed by atoms with E-state index in [0.717, 1.165) is 10.6 Å². The molecular formula is C17H14N4O3S. The summed E-state index contributed by atoms with van der Waals surface area (Å²) >= 11 is 1.51. The van der Waals surface area contributed by atoms with E-state index in [2.05, 4.69) is 10.1 Å². The van der Waals surface area contributed by atoms with Gasteiger partial charge in [0.1, 0.15) is 6.54 Å². The second-order valence-corrected chi connectivity index (χ2v) is 6.46. The maximum atomic E-state index is 12.4. The Balaban J connectivity index is 1.46. The van der Waals surface area contributed by atoms with Crippen molar-refractivity contribution in [3.05, 3.63) is 53.7 Å². The summed E-state index contributed by atoms with van der Waals surface area (Å²) in [5.41, 5.74) is 0.721. The minimum atomic E-state index is -0.564. The Bertz CT molecular complexity index is 892. The molecule has 0 saturated carbocycles. The molecule has 4 rings (SSSR count). The molecule has 8 heteroatoms. The van der Waals surface area contributed by atoms with Crippen LogP contribution in [0.3, 0.4) is 0 Å². The van der Waals surface area contributed by atoms with Gasteiger partial charge in [0.25, 0.3) is 0 Å². The van der Waals surface area contributed by atoms with Gasteiger partial charge in [-0.2, -0.15) is 4.98 Å².